The van der Waals surface area contributed by atoms with E-state index in [2.05, 4.69) is 0 Å². The molecule has 1 N–H and O–H groups in total. The van der Waals surface area contributed by atoms with E-state index in [1.165, 1.54) is 12.1 Å². The quantitative estimate of drug-likeness (QED) is 0.922. The third-order valence-electron chi connectivity index (χ3n) is 4.52. The Morgan fingerprint density at radius 3 is 2.67 bits per heavy atom. The molecule has 0 bridgehead atoms. The molecule has 1 heterocycles. The van der Waals surface area contributed by atoms with Crippen molar-refractivity contribution >= 4 is 27.6 Å². The summed E-state index contributed by atoms with van der Waals surface area (Å²) in [7, 11) is -3.89. The Morgan fingerprint density at radius 1 is 1.29 bits per heavy atom. The van der Waals surface area contributed by atoms with Crippen LogP contribution < -0.4 is 0 Å². The minimum absolute atomic E-state index is 0.0158. The van der Waals surface area contributed by atoms with Crippen LogP contribution in [-0.4, -0.2) is 36.4 Å². The highest BCUT2D eigenvalue weighted by molar-refractivity contribution is 7.89. The van der Waals surface area contributed by atoms with Crippen LogP contribution >= 0.6 is 11.6 Å². The fraction of sp³-hybridized carbons (Fsp3) is 0.500. The SMILES string of the molecule is O=C(O)C1C2CCCC2CN1S(=O)(=O)c1ccccc1Cl. The van der Waals surface area contributed by atoms with Crippen molar-refractivity contribution in [2.75, 3.05) is 6.54 Å². The lowest BCUT2D eigenvalue weighted by molar-refractivity contribution is -0.142. The van der Waals surface area contributed by atoms with Crippen molar-refractivity contribution in [1.82, 2.24) is 4.31 Å². The number of fused-ring (bicyclic) bond motifs is 1. The summed E-state index contributed by atoms with van der Waals surface area (Å²) in [5, 5.41) is 9.59. The van der Waals surface area contributed by atoms with E-state index in [1.807, 2.05) is 0 Å². The molecule has 1 saturated carbocycles. The van der Waals surface area contributed by atoms with Gasteiger partial charge in [0, 0.05) is 6.54 Å². The topological polar surface area (TPSA) is 74.7 Å². The second-order valence-corrected chi connectivity index (χ2v) is 7.91. The van der Waals surface area contributed by atoms with Crippen LogP contribution in [0.15, 0.2) is 29.2 Å². The van der Waals surface area contributed by atoms with Crippen LogP contribution in [0.4, 0.5) is 0 Å². The van der Waals surface area contributed by atoms with Gasteiger partial charge in [-0.3, -0.25) is 4.79 Å². The number of halogens is 1. The van der Waals surface area contributed by atoms with E-state index in [9.17, 15) is 18.3 Å². The van der Waals surface area contributed by atoms with Gasteiger partial charge in [-0.25, -0.2) is 8.42 Å². The van der Waals surface area contributed by atoms with Crippen molar-refractivity contribution < 1.29 is 18.3 Å². The van der Waals surface area contributed by atoms with Gasteiger partial charge in [0.15, 0.2) is 0 Å². The van der Waals surface area contributed by atoms with Gasteiger partial charge < -0.3 is 5.11 Å². The van der Waals surface area contributed by atoms with Gasteiger partial charge in [-0.2, -0.15) is 4.31 Å². The largest absolute Gasteiger partial charge is 0.480 e. The van der Waals surface area contributed by atoms with Crippen LogP contribution in [0.1, 0.15) is 19.3 Å². The predicted molar refractivity (Wildman–Crippen MR) is 77.6 cm³/mol. The summed E-state index contributed by atoms with van der Waals surface area (Å²) < 4.78 is 26.7. The lowest BCUT2D eigenvalue weighted by atomic mass is 9.94. The summed E-state index contributed by atoms with van der Waals surface area (Å²) >= 11 is 5.98. The average Bonchev–Trinajstić information content (AvgIpc) is 2.98. The van der Waals surface area contributed by atoms with Crippen LogP contribution in [0.3, 0.4) is 0 Å². The standard InChI is InChI=1S/C14H16ClNO4S/c15-11-6-1-2-7-12(11)21(19,20)16-8-9-4-3-5-10(9)13(16)14(17)18/h1-2,6-7,9-10,13H,3-5,8H2,(H,17,18). The Labute approximate surface area is 128 Å². The summed E-state index contributed by atoms with van der Waals surface area (Å²) in [6.07, 6.45) is 2.64. The number of carboxylic acids is 1. The highest BCUT2D eigenvalue weighted by atomic mass is 35.5. The third kappa shape index (κ3) is 2.35. The molecule has 2 aliphatic rings. The molecule has 0 amide bonds. The highest BCUT2D eigenvalue weighted by Crippen LogP contribution is 2.44. The molecule has 1 aromatic rings. The van der Waals surface area contributed by atoms with E-state index < -0.39 is 22.0 Å². The van der Waals surface area contributed by atoms with Gasteiger partial charge in [0.25, 0.3) is 0 Å². The number of sulfonamides is 1. The van der Waals surface area contributed by atoms with Gasteiger partial charge in [-0.15, -0.1) is 0 Å². The Bertz CT molecular complexity index is 675. The first-order valence-electron chi connectivity index (χ1n) is 6.92. The summed E-state index contributed by atoms with van der Waals surface area (Å²) in [6, 6.07) is 5.19. The van der Waals surface area contributed by atoms with Gasteiger partial charge in [0.1, 0.15) is 10.9 Å². The number of aliphatic carboxylic acids is 1. The predicted octanol–water partition coefficient (Wildman–Crippen LogP) is 2.21. The van der Waals surface area contributed by atoms with Crippen molar-refractivity contribution in [2.45, 2.75) is 30.2 Å². The Morgan fingerprint density at radius 2 is 2.00 bits per heavy atom. The second kappa shape index (κ2) is 5.26. The minimum atomic E-state index is -3.89. The van der Waals surface area contributed by atoms with Crippen LogP contribution in [0, 0.1) is 11.8 Å². The normalized spacial score (nSPS) is 29.5. The van der Waals surface area contributed by atoms with E-state index in [1.54, 1.807) is 12.1 Å². The molecule has 7 heteroatoms. The zero-order valence-electron chi connectivity index (χ0n) is 11.3. The summed E-state index contributed by atoms with van der Waals surface area (Å²) in [6.45, 7) is 0.273. The van der Waals surface area contributed by atoms with E-state index in [0.29, 0.717) is 0 Å². The van der Waals surface area contributed by atoms with Crippen LogP contribution in [0.5, 0.6) is 0 Å². The van der Waals surface area contributed by atoms with E-state index in [-0.39, 0.29) is 28.3 Å². The molecule has 1 aliphatic heterocycles. The number of carbonyl (C=O) groups is 1. The van der Waals surface area contributed by atoms with Gasteiger partial charge in [0.2, 0.25) is 10.0 Å². The van der Waals surface area contributed by atoms with E-state index >= 15 is 0 Å². The molecule has 1 saturated heterocycles. The van der Waals surface area contributed by atoms with E-state index in [0.717, 1.165) is 23.6 Å². The molecule has 5 nitrogen and oxygen atoms in total. The second-order valence-electron chi connectivity index (χ2n) is 5.64. The molecule has 0 radical (unpaired) electrons. The maximum absolute atomic E-state index is 12.8. The fourth-order valence-electron chi connectivity index (χ4n) is 3.60. The summed E-state index contributed by atoms with van der Waals surface area (Å²) in [5.41, 5.74) is 0. The molecule has 21 heavy (non-hydrogen) atoms. The molecule has 114 valence electrons. The maximum atomic E-state index is 12.8. The average molecular weight is 330 g/mol. The lowest BCUT2D eigenvalue weighted by Gasteiger charge is -2.24. The molecular weight excluding hydrogens is 314 g/mol. The minimum Gasteiger partial charge on any atom is -0.480 e. The summed E-state index contributed by atoms with van der Waals surface area (Å²) in [4.78, 5) is 11.6. The molecule has 0 spiro atoms. The molecule has 2 fully saturated rings. The number of benzene rings is 1. The van der Waals surface area contributed by atoms with Gasteiger partial charge in [0.05, 0.1) is 5.02 Å². The molecule has 0 aromatic heterocycles. The zero-order valence-corrected chi connectivity index (χ0v) is 12.8. The van der Waals surface area contributed by atoms with Crippen molar-refractivity contribution in [1.29, 1.82) is 0 Å². The Hall–Kier alpha value is -1.11. The van der Waals surface area contributed by atoms with Gasteiger partial charge in [-0.1, -0.05) is 30.2 Å². The molecule has 3 atom stereocenters. The van der Waals surface area contributed by atoms with Crippen LogP contribution in [0.25, 0.3) is 0 Å². The number of hydrogen-bond acceptors (Lipinski definition) is 3. The number of hydrogen-bond donors (Lipinski definition) is 1. The maximum Gasteiger partial charge on any atom is 0.322 e. The van der Waals surface area contributed by atoms with Crippen LogP contribution in [0.2, 0.25) is 5.02 Å². The van der Waals surface area contributed by atoms with Crippen LogP contribution in [-0.2, 0) is 14.8 Å². The monoisotopic (exact) mass is 329 g/mol. The first-order valence-corrected chi connectivity index (χ1v) is 8.74. The number of nitrogens with zero attached hydrogens (tertiary/aromatic N) is 1. The Kier molecular flexibility index (Phi) is 3.71. The van der Waals surface area contributed by atoms with Crippen molar-refractivity contribution in [3.05, 3.63) is 29.3 Å². The first-order chi connectivity index (χ1) is 9.93. The third-order valence-corrected chi connectivity index (χ3v) is 6.87. The van der Waals surface area contributed by atoms with Crippen molar-refractivity contribution in [2.24, 2.45) is 11.8 Å². The highest BCUT2D eigenvalue weighted by Gasteiger charge is 2.52. The molecule has 3 unspecified atom stereocenters. The summed E-state index contributed by atoms with van der Waals surface area (Å²) in [5.74, 6) is -1.01. The molecule has 1 aromatic carbocycles. The van der Waals surface area contributed by atoms with Gasteiger partial charge >= 0.3 is 5.97 Å². The number of carboxylic acid groups (broad SMARTS) is 1. The number of rotatable bonds is 3. The smallest absolute Gasteiger partial charge is 0.322 e. The first kappa shape index (κ1) is 14.8. The van der Waals surface area contributed by atoms with Crippen molar-refractivity contribution in [3.63, 3.8) is 0 Å². The van der Waals surface area contributed by atoms with Gasteiger partial charge in [-0.05, 0) is 36.8 Å². The zero-order chi connectivity index (χ0) is 15.2. The molecule has 1 aliphatic carbocycles. The lowest BCUT2D eigenvalue weighted by Crippen LogP contribution is -2.43. The fourth-order valence-corrected chi connectivity index (χ4v) is 5.78. The van der Waals surface area contributed by atoms with Crippen molar-refractivity contribution in [3.8, 4) is 0 Å². The Balaban J connectivity index is 2.03. The molecule has 3 rings (SSSR count). The molecular formula is C14H16ClNO4S. The van der Waals surface area contributed by atoms with E-state index in [4.69, 9.17) is 11.6 Å².